The first-order valence-electron chi connectivity index (χ1n) is 6.67. The maximum atomic E-state index is 11.9. The van der Waals surface area contributed by atoms with E-state index in [9.17, 15) is 14.9 Å². The van der Waals surface area contributed by atoms with Gasteiger partial charge in [-0.2, -0.15) is 0 Å². The lowest BCUT2D eigenvalue weighted by molar-refractivity contribution is -0.384. The van der Waals surface area contributed by atoms with Crippen molar-refractivity contribution in [2.45, 2.75) is 0 Å². The molecule has 0 aliphatic carbocycles. The number of pyridine rings is 1. The fraction of sp³-hybridized carbons (Fsp3) is 0.200. The summed E-state index contributed by atoms with van der Waals surface area (Å²) in [6.45, 7) is 0. The number of nitrogen functional groups attached to an aromatic ring is 1. The molecule has 2 aromatic rings. The van der Waals surface area contributed by atoms with E-state index in [1.165, 1.54) is 32.5 Å². The molecule has 0 unspecified atom stereocenters. The van der Waals surface area contributed by atoms with Gasteiger partial charge in [-0.15, -0.1) is 0 Å². The number of carbonyl (C=O) groups excluding carboxylic acids is 1. The van der Waals surface area contributed by atoms with E-state index in [1.54, 1.807) is 6.07 Å². The minimum absolute atomic E-state index is 0.0493. The van der Waals surface area contributed by atoms with Crippen LogP contribution >= 0.6 is 0 Å². The number of hydrogen-bond donors (Lipinski definition) is 1. The van der Waals surface area contributed by atoms with E-state index >= 15 is 0 Å². The zero-order valence-corrected chi connectivity index (χ0v) is 13.2. The molecule has 1 heterocycles. The SMILES string of the molecule is COC(=O)c1c(N)cnc(-c2cc(OC)cc(OC)c2)c1[N+](=O)[O-]. The Morgan fingerprint density at radius 3 is 2.21 bits per heavy atom. The van der Waals surface area contributed by atoms with Gasteiger partial charge in [0.1, 0.15) is 17.2 Å². The summed E-state index contributed by atoms with van der Waals surface area (Å²) in [5.74, 6) is -0.0912. The average Bonchev–Trinajstić information content (AvgIpc) is 2.59. The van der Waals surface area contributed by atoms with Crippen LogP contribution in [0.15, 0.2) is 24.4 Å². The molecule has 126 valence electrons. The van der Waals surface area contributed by atoms with Crippen molar-refractivity contribution < 1.29 is 23.9 Å². The molecular formula is C15H15N3O6. The molecule has 1 aromatic heterocycles. The number of aromatic nitrogens is 1. The van der Waals surface area contributed by atoms with Gasteiger partial charge in [0.05, 0.1) is 38.1 Å². The summed E-state index contributed by atoms with van der Waals surface area (Å²) in [6.07, 6.45) is 1.17. The molecule has 0 aliphatic heterocycles. The van der Waals surface area contributed by atoms with Crippen LogP contribution in [0.4, 0.5) is 11.4 Å². The van der Waals surface area contributed by atoms with Gasteiger partial charge in [0.25, 0.3) is 0 Å². The lowest BCUT2D eigenvalue weighted by Gasteiger charge is -2.11. The molecule has 1 aromatic carbocycles. The van der Waals surface area contributed by atoms with Gasteiger partial charge >= 0.3 is 11.7 Å². The summed E-state index contributed by atoms with van der Waals surface area (Å²) in [4.78, 5) is 26.7. The van der Waals surface area contributed by atoms with Crippen LogP contribution in [0.1, 0.15) is 10.4 Å². The van der Waals surface area contributed by atoms with E-state index < -0.39 is 16.6 Å². The normalized spacial score (nSPS) is 10.1. The zero-order chi connectivity index (χ0) is 17.9. The highest BCUT2D eigenvalue weighted by molar-refractivity contribution is 6.02. The molecule has 0 radical (unpaired) electrons. The zero-order valence-electron chi connectivity index (χ0n) is 13.2. The summed E-state index contributed by atoms with van der Waals surface area (Å²) >= 11 is 0. The average molecular weight is 333 g/mol. The summed E-state index contributed by atoms with van der Waals surface area (Å²) < 4.78 is 14.9. The van der Waals surface area contributed by atoms with Gasteiger partial charge in [0, 0.05) is 11.6 Å². The second kappa shape index (κ2) is 6.82. The Balaban J connectivity index is 2.80. The quantitative estimate of drug-likeness (QED) is 0.500. The number of carbonyl (C=O) groups is 1. The van der Waals surface area contributed by atoms with Crippen molar-refractivity contribution in [3.05, 3.63) is 40.1 Å². The molecule has 24 heavy (non-hydrogen) atoms. The molecule has 9 heteroatoms. The molecular weight excluding hydrogens is 318 g/mol. The number of ether oxygens (including phenoxy) is 3. The number of nitro groups is 1. The number of nitrogens with two attached hydrogens (primary N) is 1. The van der Waals surface area contributed by atoms with Crippen molar-refractivity contribution in [3.8, 4) is 22.8 Å². The van der Waals surface area contributed by atoms with E-state index in [-0.39, 0.29) is 16.9 Å². The highest BCUT2D eigenvalue weighted by Crippen LogP contribution is 2.37. The molecule has 0 aliphatic rings. The number of esters is 1. The topological polar surface area (TPSA) is 127 Å². The highest BCUT2D eigenvalue weighted by atomic mass is 16.6. The Kier molecular flexibility index (Phi) is 4.83. The number of benzene rings is 1. The minimum Gasteiger partial charge on any atom is -0.497 e. The molecule has 9 nitrogen and oxygen atoms in total. The van der Waals surface area contributed by atoms with Gasteiger partial charge in [0.2, 0.25) is 0 Å². The van der Waals surface area contributed by atoms with Gasteiger partial charge in [0.15, 0.2) is 5.56 Å². The number of anilines is 1. The van der Waals surface area contributed by atoms with Crippen LogP contribution in [0.2, 0.25) is 0 Å². The standard InChI is InChI=1S/C15H15N3O6/c1-22-9-4-8(5-10(6-9)23-2)13-14(18(20)21)12(15(19)24-3)11(16)7-17-13/h4-7H,16H2,1-3H3. The Morgan fingerprint density at radius 1 is 1.17 bits per heavy atom. The van der Waals surface area contributed by atoms with E-state index in [0.29, 0.717) is 17.1 Å². The highest BCUT2D eigenvalue weighted by Gasteiger charge is 2.30. The van der Waals surface area contributed by atoms with Crippen LogP contribution in [-0.2, 0) is 4.74 Å². The van der Waals surface area contributed by atoms with Gasteiger partial charge in [-0.05, 0) is 12.1 Å². The summed E-state index contributed by atoms with van der Waals surface area (Å²) in [5.41, 5.74) is 4.92. The molecule has 0 amide bonds. The van der Waals surface area contributed by atoms with Crippen LogP contribution in [0, 0.1) is 10.1 Å². The molecule has 2 N–H and O–H groups in total. The van der Waals surface area contributed by atoms with Crippen molar-refractivity contribution in [2.75, 3.05) is 27.1 Å². The molecule has 0 atom stereocenters. The molecule has 0 saturated carbocycles. The molecule has 2 rings (SSSR count). The van der Waals surface area contributed by atoms with Crippen molar-refractivity contribution >= 4 is 17.3 Å². The maximum absolute atomic E-state index is 11.9. The van der Waals surface area contributed by atoms with Gasteiger partial charge < -0.3 is 19.9 Å². The Hall–Kier alpha value is -3.36. The monoisotopic (exact) mass is 333 g/mol. The molecule has 0 spiro atoms. The Bertz CT molecular complexity index is 784. The first-order valence-corrected chi connectivity index (χ1v) is 6.67. The number of rotatable bonds is 5. The van der Waals surface area contributed by atoms with Crippen LogP contribution < -0.4 is 15.2 Å². The first-order chi connectivity index (χ1) is 11.4. The van der Waals surface area contributed by atoms with E-state index in [4.69, 9.17) is 15.2 Å². The van der Waals surface area contributed by atoms with Gasteiger partial charge in [-0.25, -0.2) is 9.78 Å². The van der Waals surface area contributed by atoms with Gasteiger partial charge in [-0.3, -0.25) is 10.1 Å². The van der Waals surface area contributed by atoms with Crippen molar-refractivity contribution in [1.29, 1.82) is 0 Å². The molecule has 0 fully saturated rings. The molecule has 0 bridgehead atoms. The number of nitrogens with zero attached hydrogens (tertiary/aromatic N) is 2. The third-order valence-corrected chi connectivity index (χ3v) is 3.28. The maximum Gasteiger partial charge on any atom is 0.347 e. The van der Waals surface area contributed by atoms with Crippen LogP contribution in [0.5, 0.6) is 11.5 Å². The summed E-state index contributed by atoms with van der Waals surface area (Å²) in [5, 5.41) is 11.5. The first kappa shape index (κ1) is 17.0. The second-order valence-corrected chi connectivity index (χ2v) is 4.64. The summed E-state index contributed by atoms with van der Waals surface area (Å²) in [7, 11) is 4.01. The fourth-order valence-corrected chi connectivity index (χ4v) is 2.16. The third kappa shape index (κ3) is 3.05. The van der Waals surface area contributed by atoms with E-state index in [0.717, 1.165) is 7.11 Å². The fourth-order valence-electron chi connectivity index (χ4n) is 2.16. The van der Waals surface area contributed by atoms with Crippen molar-refractivity contribution in [3.63, 3.8) is 0 Å². The number of hydrogen-bond acceptors (Lipinski definition) is 8. The van der Waals surface area contributed by atoms with Crippen LogP contribution in [0.3, 0.4) is 0 Å². The Labute approximate surface area is 137 Å². The van der Waals surface area contributed by atoms with Crippen LogP contribution in [0.25, 0.3) is 11.3 Å². The lowest BCUT2D eigenvalue weighted by Crippen LogP contribution is -2.11. The van der Waals surface area contributed by atoms with Crippen molar-refractivity contribution in [2.24, 2.45) is 0 Å². The van der Waals surface area contributed by atoms with E-state index in [1.807, 2.05) is 0 Å². The largest absolute Gasteiger partial charge is 0.497 e. The second-order valence-electron chi connectivity index (χ2n) is 4.64. The van der Waals surface area contributed by atoms with E-state index in [2.05, 4.69) is 9.72 Å². The van der Waals surface area contributed by atoms with Crippen molar-refractivity contribution in [1.82, 2.24) is 4.98 Å². The minimum atomic E-state index is -0.919. The lowest BCUT2D eigenvalue weighted by atomic mass is 10.0. The third-order valence-electron chi connectivity index (χ3n) is 3.28. The number of methoxy groups -OCH3 is 3. The predicted octanol–water partition coefficient (Wildman–Crippen LogP) is 2.04. The van der Waals surface area contributed by atoms with Crippen LogP contribution in [-0.4, -0.2) is 37.2 Å². The summed E-state index contributed by atoms with van der Waals surface area (Å²) in [6, 6.07) is 4.68. The van der Waals surface area contributed by atoms with Gasteiger partial charge in [-0.1, -0.05) is 0 Å². The smallest absolute Gasteiger partial charge is 0.347 e. The molecule has 0 saturated heterocycles. The predicted molar refractivity (Wildman–Crippen MR) is 85.2 cm³/mol. The Morgan fingerprint density at radius 2 is 1.75 bits per heavy atom.